The zero-order chi connectivity index (χ0) is 49.0. The van der Waals surface area contributed by atoms with E-state index in [9.17, 15) is 0 Å². The molecule has 0 spiro atoms. The summed E-state index contributed by atoms with van der Waals surface area (Å²) >= 11 is 16.0. The number of para-hydroxylation sites is 4. The maximum Gasteiger partial charge on any atom is 0.488 e. The summed E-state index contributed by atoms with van der Waals surface area (Å²) in [6, 6.07) is 76.8. The lowest BCUT2D eigenvalue weighted by Gasteiger charge is -2.34. The molecule has 10 aromatic rings. The van der Waals surface area contributed by atoms with Crippen LogP contribution in [0.4, 0.5) is 0 Å². The Hall–Kier alpha value is -7.56. The van der Waals surface area contributed by atoms with E-state index in [1.807, 2.05) is 78.9 Å². The molecular weight excluding hydrogens is 1000 g/mol. The van der Waals surface area contributed by atoms with Crippen LogP contribution in [0.2, 0.25) is 10.0 Å². The van der Waals surface area contributed by atoms with Gasteiger partial charge in [0.15, 0.2) is 46.0 Å². The molecule has 2 unspecified atom stereocenters. The highest BCUT2D eigenvalue weighted by Gasteiger charge is 2.49. The summed E-state index contributed by atoms with van der Waals surface area (Å²) in [6.45, 7) is 0. The Morgan fingerprint density at radius 1 is 0.347 bits per heavy atom. The van der Waals surface area contributed by atoms with Gasteiger partial charge in [-0.2, -0.15) is 0 Å². The van der Waals surface area contributed by atoms with Crippen molar-refractivity contribution < 1.29 is 29.0 Å². The molecule has 6 nitrogen and oxygen atoms in total. The van der Waals surface area contributed by atoms with Gasteiger partial charge in [0.1, 0.15) is 4.32 Å². The minimum Gasteiger partial charge on any atom is -0.449 e. The fourth-order valence-corrected chi connectivity index (χ4v) is 11.6. The maximum atomic E-state index is 8.63. The molecule has 2 atom stereocenters. The number of fused-ring (bicyclic) bond motifs is 12. The summed E-state index contributed by atoms with van der Waals surface area (Å²) in [7, 11) is -1.41. The molecule has 10 aromatic carbocycles. The lowest BCUT2D eigenvalue weighted by atomic mass is 9.68. The SMILES string of the molecule is BrC1(c2ccccc2)c2ccccc2-c2c1ccc1c2Oc2ccccc2O1.Clc1ccc(C2(c3ccccc3)c3ccccc3-c3c2ccc2c3Oc3ccccc3O2)cc1.OB(O)c1ccc(Cl)cc1. The van der Waals surface area contributed by atoms with Gasteiger partial charge in [-0.25, -0.2) is 0 Å². The van der Waals surface area contributed by atoms with Crippen LogP contribution in [0.3, 0.4) is 0 Å². The van der Waals surface area contributed by atoms with E-state index in [4.69, 9.17) is 52.2 Å². The predicted octanol–water partition coefficient (Wildman–Crippen LogP) is 15.9. The van der Waals surface area contributed by atoms with Crippen LogP contribution in [-0.2, 0) is 9.74 Å². The molecule has 0 radical (unpaired) electrons. The molecule has 0 bridgehead atoms. The zero-order valence-corrected chi connectivity index (χ0v) is 41.3. The van der Waals surface area contributed by atoms with Crippen molar-refractivity contribution >= 4 is 51.7 Å². The number of hydrogen-bond donors (Lipinski definition) is 2. The molecule has 2 N–H and O–H groups in total. The molecule has 4 aliphatic rings. The van der Waals surface area contributed by atoms with Crippen molar-refractivity contribution in [2.24, 2.45) is 0 Å². The van der Waals surface area contributed by atoms with E-state index >= 15 is 0 Å². The summed E-state index contributed by atoms with van der Waals surface area (Å²) in [5.74, 6) is 5.96. The summed E-state index contributed by atoms with van der Waals surface area (Å²) < 4.78 is 24.9. The second-order valence-electron chi connectivity index (χ2n) is 17.6. The Morgan fingerprint density at radius 3 is 1.29 bits per heavy atom. The number of rotatable bonds is 4. The summed E-state index contributed by atoms with van der Waals surface area (Å²) in [6.07, 6.45) is 0. The van der Waals surface area contributed by atoms with E-state index < -0.39 is 16.9 Å². The molecule has 2 heterocycles. The van der Waals surface area contributed by atoms with Crippen LogP contribution in [0, 0.1) is 0 Å². The maximum absolute atomic E-state index is 8.63. The van der Waals surface area contributed by atoms with Crippen molar-refractivity contribution in [1.82, 2.24) is 0 Å². The van der Waals surface area contributed by atoms with Gasteiger partial charge in [-0.1, -0.05) is 209 Å². The van der Waals surface area contributed by atoms with Crippen molar-refractivity contribution in [2.75, 3.05) is 0 Å². The predicted molar refractivity (Wildman–Crippen MR) is 290 cm³/mol. The smallest absolute Gasteiger partial charge is 0.449 e. The fourth-order valence-electron chi connectivity index (χ4n) is 10.4. The Balaban J connectivity index is 0.000000125. The van der Waals surface area contributed by atoms with Crippen molar-refractivity contribution in [2.45, 2.75) is 9.74 Å². The first-order chi connectivity index (χ1) is 35.2. The van der Waals surface area contributed by atoms with Crippen LogP contribution in [0.5, 0.6) is 46.0 Å². The highest BCUT2D eigenvalue weighted by atomic mass is 79.9. The largest absolute Gasteiger partial charge is 0.488 e. The van der Waals surface area contributed by atoms with E-state index in [-0.39, 0.29) is 0 Å². The monoisotopic (exact) mass is 1040 g/mol. The number of benzene rings is 10. The van der Waals surface area contributed by atoms with Crippen molar-refractivity contribution in [3.05, 3.63) is 280 Å². The Morgan fingerprint density at radius 2 is 0.750 bits per heavy atom. The first-order valence-corrected chi connectivity index (χ1v) is 24.9. The standard InChI is InChI=1S/C31H19ClO2.C25H15BrO2.C6H6BClO2/c32-22-16-14-21(15-17-22)31(20-8-2-1-3-9-20)24-11-5-4-10-23(24)29-25(31)18-19-28-30(29)34-27-13-7-6-12-26(27)33-28;26-25(16-8-2-1-3-9-16)18-11-5-4-10-17(18)23-19(25)14-15-22-24(23)28-21-13-7-6-12-20(21)27-22;8-6-3-1-5(2-4-6)7(9)10/h1-19H;1-15H;1-4,9-10H. The second kappa shape index (κ2) is 18.6. The Labute approximate surface area is 435 Å². The minimum atomic E-state index is -1.41. The average molecular weight is 1040 g/mol. The van der Waals surface area contributed by atoms with Gasteiger partial charge in [0.05, 0.1) is 5.41 Å². The molecule has 14 rings (SSSR count). The molecule has 2 aliphatic heterocycles. The van der Waals surface area contributed by atoms with Crippen LogP contribution in [0.1, 0.15) is 38.9 Å². The van der Waals surface area contributed by atoms with Gasteiger partial charge in [0.2, 0.25) is 0 Å². The molecular formula is C62H40BBrCl2O6. The molecule has 2 aliphatic carbocycles. The van der Waals surface area contributed by atoms with E-state index in [2.05, 4.69) is 143 Å². The van der Waals surface area contributed by atoms with E-state index in [0.717, 1.165) is 78.8 Å². The average Bonchev–Trinajstić information content (AvgIpc) is 3.88. The van der Waals surface area contributed by atoms with Gasteiger partial charge in [-0.05, 0) is 116 Å². The third-order valence-electron chi connectivity index (χ3n) is 13.6. The molecule has 0 fully saturated rings. The number of hydrogen-bond acceptors (Lipinski definition) is 6. The molecule has 10 heteroatoms. The first kappa shape index (κ1) is 45.6. The molecule has 348 valence electrons. The molecule has 0 saturated carbocycles. The van der Waals surface area contributed by atoms with Gasteiger partial charge in [0.25, 0.3) is 0 Å². The highest BCUT2D eigenvalue weighted by Crippen LogP contribution is 2.64. The highest BCUT2D eigenvalue weighted by molar-refractivity contribution is 9.10. The van der Waals surface area contributed by atoms with Crippen molar-refractivity contribution in [1.29, 1.82) is 0 Å². The summed E-state index contributed by atoms with van der Waals surface area (Å²) in [5, 5.41) is 18.6. The Bertz CT molecular complexity index is 3670. The number of ether oxygens (including phenoxy) is 4. The van der Waals surface area contributed by atoms with Crippen LogP contribution in [-0.4, -0.2) is 17.2 Å². The lowest BCUT2D eigenvalue weighted by molar-refractivity contribution is 0.360. The minimum absolute atomic E-state index is 0.421. The van der Waals surface area contributed by atoms with Gasteiger partial charge < -0.3 is 29.0 Å². The van der Waals surface area contributed by atoms with Crippen LogP contribution < -0.4 is 24.4 Å². The van der Waals surface area contributed by atoms with Crippen LogP contribution in [0.15, 0.2) is 231 Å². The van der Waals surface area contributed by atoms with Gasteiger partial charge in [-0.3, -0.25) is 0 Å². The van der Waals surface area contributed by atoms with E-state index in [1.165, 1.54) is 33.4 Å². The molecule has 0 aromatic heterocycles. The quantitative estimate of drug-likeness (QED) is 0.135. The normalized spacial score (nSPS) is 16.4. The Kier molecular flexibility index (Phi) is 11.7. The van der Waals surface area contributed by atoms with Crippen molar-refractivity contribution in [3.8, 4) is 68.2 Å². The third kappa shape index (κ3) is 7.57. The van der Waals surface area contributed by atoms with Crippen LogP contribution >= 0.6 is 39.1 Å². The first-order valence-electron chi connectivity index (χ1n) is 23.3. The number of alkyl halides is 1. The van der Waals surface area contributed by atoms with Gasteiger partial charge >= 0.3 is 7.12 Å². The summed E-state index contributed by atoms with van der Waals surface area (Å²) in [5.41, 5.74) is 12.7. The molecule has 72 heavy (non-hydrogen) atoms. The van der Waals surface area contributed by atoms with E-state index in [1.54, 1.807) is 24.3 Å². The fraction of sp³-hybridized carbons (Fsp3) is 0.0323. The summed E-state index contributed by atoms with van der Waals surface area (Å²) in [4.78, 5) is 0. The molecule has 0 amide bonds. The topological polar surface area (TPSA) is 77.4 Å². The van der Waals surface area contributed by atoms with E-state index in [0.29, 0.717) is 10.5 Å². The molecule has 0 saturated heterocycles. The third-order valence-corrected chi connectivity index (χ3v) is 15.4. The zero-order valence-electron chi connectivity index (χ0n) is 38.2. The van der Waals surface area contributed by atoms with Crippen molar-refractivity contribution in [3.63, 3.8) is 0 Å². The van der Waals surface area contributed by atoms with Gasteiger partial charge in [0, 0.05) is 21.2 Å². The van der Waals surface area contributed by atoms with Gasteiger partial charge in [-0.15, -0.1) is 0 Å². The lowest BCUT2D eigenvalue weighted by Crippen LogP contribution is -2.29. The second-order valence-corrected chi connectivity index (χ2v) is 19.7. The van der Waals surface area contributed by atoms with Crippen LogP contribution in [0.25, 0.3) is 22.3 Å². The number of halogens is 3.